The van der Waals surface area contributed by atoms with E-state index in [0.717, 1.165) is 0 Å². The smallest absolute Gasteiger partial charge is 0.269 e. The summed E-state index contributed by atoms with van der Waals surface area (Å²) in [6.07, 6.45) is 3.89. The van der Waals surface area contributed by atoms with Crippen molar-refractivity contribution < 1.29 is 10.0 Å². The van der Waals surface area contributed by atoms with Crippen molar-refractivity contribution in [2.75, 3.05) is 13.6 Å². The number of hydrogen-bond donors (Lipinski definition) is 3. The molecule has 21 heavy (non-hydrogen) atoms. The summed E-state index contributed by atoms with van der Waals surface area (Å²) in [4.78, 5) is 18.3. The molecule has 0 aromatic carbocycles. The molecule has 114 valence electrons. The highest BCUT2D eigenvalue weighted by molar-refractivity contribution is 5.98. The Morgan fingerprint density at radius 2 is 2.33 bits per heavy atom. The highest BCUT2D eigenvalue weighted by Crippen LogP contribution is 2.26. The molecule has 1 aliphatic carbocycles. The normalized spacial score (nSPS) is 16.8. The molecule has 2 rings (SSSR count). The fourth-order valence-electron chi connectivity index (χ4n) is 2.05. The minimum Gasteiger partial charge on any atom is -0.409 e. The maximum Gasteiger partial charge on any atom is 0.269 e. The van der Waals surface area contributed by atoms with Crippen LogP contribution in [0.3, 0.4) is 0 Å². The largest absolute Gasteiger partial charge is 0.409 e. The van der Waals surface area contributed by atoms with Crippen LogP contribution >= 0.6 is 0 Å². The molecule has 0 bridgehead atoms. The van der Waals surface area contributed by atoms with Gasteiger partial charge in [-0.1, -0.05) is 5.16 Å². The van der Waals surface area contributed by atoms with Crippen LogP contribution in [0.4, 0.5) is 0 Å². The minimum atomic E-state index is -0.225. The monoisotopic (exact) mass is 291 g/mol. The van der Waals surface area contributed by atoms with Crippen molar-refractivity contribution in [3.05, 3.63) is 29.6 Å². The molecule has 1 heterocycles. The molecule has 1 aromatic heterocycles. The van der Waals surface area contributed by atoms with Crippen molar-refractivity contribution in [1.29, 1.82) is 0 Å². The summed E-state index contributed by atoms with van der Waals surface area (Å²) in [5.41, 5.74) is 6.22. The van der Waals surface area contributed by atoms with E-state index in [1.165, 1.54) is 19.0 Å². The van der Waals surface area contributed by atoms with Gasteiger partial charge in [-0.2, -0.15) is 0 Å². The van der Waals surface area contributed by atoms with Crippen LogP contribution in [0.25, 0.3) is 0 Å². The van der Waals surface area contributed by atoms with E-state index < -0.39 is 0 Å². The van der Waals surface area contributed by atoms with Crippen molar-refractivity contribution in [3.8, 4) is 0 Å². The first-order valence-corrected chi connectivity index (χ1v) is 6.97. The number of nitrogens with zero attached hydrogens (tertiary/aromatic N) is 3. The Balaban J connectivity index is 1.88. The first kappa shape index (κ1) is 15.2. The average Bonchev–Trinajstić information content (AvgIpc) is 3.35. The van der Waals surface area contributed by atoms with Gasteiger partial charge in [-0.25, -0.2) is 0 Å². The lowest BCUT2D eigenvalue weighted by Crippen LogP contribution is -2.41. The molecule has 1 unspecified atom stereocenters. The summed E-state index contributed by atoms with van der Waals surface area (Å²) < 4.78 is 0. The van der Waals surface area contributed by atoms with Gasteiger partial charge >= 0.3 is 0 Å². The summed E-state index contributed by atoms with van der Waals surface area (Å²) in [5.74, 6) is -0.258. The van der Waals surface area contributed by atoms with Crippen molar-refractivity contribution in [2.24, 2.45) is 10.9 Å². The second kappa shape index (κ2) is 6.53. The second-order valence-corrected chi connectivity index (χ2v) is 5.37. The van der Waals surface area contributed by atoms with Crippen LogP contribution in [0.5, 0.6) is 0 Å². The molecule has 1 amide bonds. The molecule has 0 radical (unpaired) electrons. The topological polar surface area (TPSA) is 104 Å². The van der Waals surface area contributed by atoms with Crippen molar-refractivity contribution in [1.82, 2.24) is 15.2 Å². The molecule has 1 atom stereocenters. The molecule has 0 saturated heterocycles. The van der Waals surface area contributed by atoms with Crippen LogP contribution in [-0.2, 0) is 0 Å². The maximum absolute atomic E-state index is 12.0. The summed E-state index contributed by atoms with van der Waals surface area (Å²) in [5, 5.41) is 14.3. The summed E-state index contributed by atoms with van der Waals surface area (Å²) in [6.45, 7) is 2.67. The highest BCUT2D eigenvalue weighted by atomic mass is 16.4. The lowest BCUT2D eigenvalue weighted by atomic mass is 10.2. The molecule has 0 spiro atoms. The molecule has 7 nitrogen and oxygen atoms in total. The molecule has 1 saturated carbocycles. The number of likely N-dealkylation sites (N-methyl/N-ethyl adjacent to an activating group) is 1. The molecule has 1 aliphatic rings. The van der Waals surface area contributed by atoms with Gasteiger partial charge in [0.25, 0.3) is 5.91 Å². The summed E-state index contributed by atoms with van der Waals surface area (Å²) in [7, 11) is 2.08. The van der Waals surface area contributed by atoms with Gasteiger partial charge in [0.2, 0.25) is 0 Å². The SMILES string of the molecule is CC(CNC(=O)c1ccc(/C(N)=N/O)cn1)N(C)C1CC1. The Labute approximate surface area is 123 Å². The number of oxime groups is 1. The minimum absolute atomic E-state index is 0.0332. The third-order valence-electron chi connectivity index (χ3n) is 3.78. The number of nitrogens with one attached hydrogen (secondary N) is 1. The number of amidine groups is 1. The predicted molar refractivity (Wildman–Crippen MR) is 79.3 cm³/mol. The van der Waals surface area contributed by atoms with E-state index in [1.807, 2.05) is 0 Å². The quantitative estimate of drug-likeness (QED) is 0.304. The molecule has 7 heteroatoms. The Kier molecular flexibility index (Phi) is 4.74. The third-order valence-corrected chi connectivity index (χ3v) is 3.78. The van der Waals surface area contributed by atoms with Crippen LogP contribution < -0.4 is 11.1 Å². The Hall–Kier alpha value is -2.15. The number of nitrogens with two attached hydrogens (primary N) is 1. The Bertz CT molecular complexity index is 525. The van der Waals surface area contributed by atoms with Gasteiger partial charge < -0.3 is 16.3 Å². The molecular weight excluding hydrogens is 270 g/mol. The van der Waals surface area contributed by atoms with Gasteiger partial charge in [0.1, 0.15) is 5.69 Å². The third kappa shape index (κ3) is 3.91. The fraction of sp³-hybridized carbons (Fsp3) is 0.500. The number of hydrogen-bond acceptors (Lipinski definition) is 5. The number of rotatable bonds is 6. The van der Waals surface area contributed by atoms with Crippen molar-refractivity contribution in [3.63, 3.8) is 0 Å². The van der Waals surface area contributed by atoms with Crippen LogP contribution in [0, 0.1) is 0 Å². The first-order chi connectivity index (χ1) is 10.0. The lowest BCUT2D eigenvalue weighted by Gasteiger charge is -2.24. The first-order valence-electron chi connectivity index (χ1n) is 6.97. The maximum atomic E-state index is 12.0. The van der Waals surface area contributed by atoms with Gasteiger partial charge in [0.05, 0.1) is 0 Å². The van der Waals surface area contributed by atoms with Gasteiger partial charge in [0, 0.05) is 30.4 Å². The zero-order valence-electron chi connectivity index (χ0n) is 12.3. The predicted octanol–water partition coefficient (Wildman–Crippen LogP) is 0.389. The second-order valence-electron chi connectivity index (χ2n) is 5.37. The molecule has 4 N–H and O–H groups in total. The molecule has 1 fully saturated rings. The Morgan fingerprint density at radius 1 is 1.62 bits per heavy atom. The molecule has 1 aromatic rings. The summed E-state index contributed by atoms with van der Waals surface area (Å²) in [6, 6.07) is 4.10. The number of pyridine rings is 1. The van der Waals surface area contributed by atoms with Crippen LogP contribution in [0.2, 0.25) is 0 Å². The van der Waals surface area contributed by atoms with E-state index in [0.29, 0.717) is 23.8 Å². The van der Waals surface area contributed by atoms with E-state index in [4.69, 9.17) is 10.9 Å². The van der Waals surface area contributed by atoms with E-state index in [9.17, 15) is 4.79 Å². The molecule has 0 aliphatic heterocycles. The molecular formula is C14H21N5O2. The van der Waals surface area contributed by atoms with Crippen molar-refractivity contribution >= 4 is 11.7 Å². The number of carbonyl (C=O) groups excluding carboxylic acids is 1. The van der Waals surface area contributed by atoms with Crippen LogP contribution in [0.1, 0.15) is 35.8 Å². The van der Waals surface area contributed by atoms with Gasteiger partial charge in [-0.3, -0.25) is 14.7 Å². The number of amides is 1. The highest BCUT2D eigenvalue weighted by Gasteiger charge is 2.29. The summed E-state index contributed by atoms with van der Waals surface area (Å²) >= 11 is 0. The van der Waals surface area contributed by atoms with Crippen LogP contribution in [-0.4, -0.2) is 52.5 Å². The zero-order valence-corrected chi connectivity index (χ0v) is 12.3. The number of carbonyl (C=O) groups is 1. The lowest BCUT2D eigenvalue weighted by molar-refractivity contribution is 0.0934. The van der Waals surface area contributed by atoms with E-state index in [-0.39, 0.29) is 17.8 Å². The van der Waals surface area contributed by atoms with Gasteiger partial charge in [0.15, 0.2) is 5.84 Å². The standard InChI is InChI=1S/C14H21N5O2/c1-9(19(2)11-4-5-11)7-17-14(20)12-6-3-10(8-16-12)13(15)18-21/h3,6,8-9,11,21H,4-5,7H2,1-2H3,(H2,15,18)(H,17,20). The zero-order chi connectivity index (χ0) is 15.4. The number of aromatic nitrogens is 1. The fourth-order valence-corrected chi connectivity index (χ4v) is 2.05. The van der Waals surface area contributed by atoms with E-state index in [1.54, 1.807) is 12.1 Å². The van der Waals surface area contributed by atoms with Gasteiger partial charge in [-0.15, -0.1) is 0 Å². The van der Waals surface area contributed by atoms with Crippen molar-refractivity contribution in [2.45, 2.75) is 31.8 Å². The van der Waals surface area contributed by atoms with Crippen LogP contribution in [0.15, 0.2) is 23.5 Å². The van der Waals surface area contributed by atoms with Gasteiger partial charge in [-0.05, 0) is 38.9 Å². The van der Waals surface area contributed by atoms with E-state index >= 15 is 0 Å². The average molecular weight is 291 g/mol. The van der Waals surface area contributed by atoms with E-state index in [2.05, 4.69) is 34.3 Å². The Morgan fingerprint density at radius 3 is 2.86 bits per heavy atom.